The summed E-state index contributed by atoms with van der Waals surface area (Å²) < 4.78 is 27.2. The third-order valence-corrected chi connectivity index (χ3v) is 7.44. The van der Waals surface area contributed by atoms with Gasteiger partial charge in [0, 0.05) is 45.3 Å². The number of piperazine rings is 1. The molecule has 2 fully saturated rings. The van der Waals surface area contributed by atoms with Crippen LogP contribution in [-0.4, -0.2) is 62.9 Å². The van der Waals surface area contributed by atoms with Crippen LogP contribution in [0.4, 0.5) is 0 Å². The number of thiophene rings is 1. The fourth-order valence-electron chi connectivity index (χ4n) is 2.48. The van der Waals surface area contributed by atoms with Crippen molar-refractivity contribution in [2.45, 2.75) is 10.9 Å². The Bertz CT molecular complexity index is 593. The fourth-order valence-corrected chi connectivity index (χ4v) is 6.02. The summed E-state index contributed by atoms with van der Waals surface area (Å²) in [6, 6.07) is 1.99. The molecular weight excluding hydrogens is 341 g/mol. The third kappa shape index (κ3) is 2.72. The molecule has 1 N–H and O–H groups in total. The van der Waals surface area contributed by atoms with E-state index in [0.717, 1.165) is 37.5 Å². The summed E-state index contributed by atoms with van der Waals surface area (Å²) in [6.07, 6.45) is 0. The molecule has 5 nitrogen and oxygen atoms in total. The van der Waals surface area contributed by atoms with Crippen molar-refractivity contribution in [1.82, 2.24) is 14.5 Å². The molecule has 9 heteroatoms. The van der Waals surface area contributed by atoms with Crippen LogP contribution in [0.25, 0.3) is 0 Å². The molecule has 20 heavy (non-hydrogen) atoms. The summed E-state index contributed by atoms with van der Waals surface area (Å²) in [6.45, 7) is 4.53. The highest BCUT2D eigenvalue weighted by Crippen LogP contribution is 2.36. The van der Waals surface area contributed by atoms with E-state index >= 15 is 0 Å². The minimum Gasteiger partial charge on any atom is -0.314 e. The van der Waals surface area contributed by atoms with E-state index in [1.165, 1.54) is 10.4 Å². The first-order valence-electron chi connectivity index (χ1n) is 6.38. The average Bonchev–Trinajstić information content (AvgIpc) is 2.68. The molecule has 1 aromatic heterocycles. The molecule has 0 amide bonds. The Hall–Kier alpha value is 0.110. The summed E-state index contributed by atoms with van der Waals surface area (Å²) in [5.74, 6) is 0. The number of halogens is 2. The highest BCUT2D eigenvalue weighted by atomic mass is 35.5. The van der Waals surface area contributed by atoms with Gasteiger partial charge in [0.2, 0.25) is 10.0 Å². The fraction of sp³-hybridized carbons (Fsp3) is 0.636. The average molecular weight is 356 g/mol. The van der Waals surface area contributed by atoms with Crippen LogP contribution in [0.2, 0.25) is 8.67 Å². The van der Waals surface area contributed by atoms with Gasteiger partial charge in [0.1, 0.15) is 9.23 Å². The summed E-state index contributed by atoms with van der Waals surface area (Å²) in [4.78, 5) is 2.47. The van der Waals surface area contributed by atoms with Gasteiger partial charge in [-0.25, -0.2) is 8.42 Å². The van der Waals surface area contributed by atoms with Crippen LogP contribution >= 0.6 is 34.5 Å². The molecule has 3 rings (SSSR count). The quantitative estimate of drug-likeness (QED) is 0.888. The van der Waals surface area contributed by atoms with Crippen LogP contribution in [0.1, 0.15) is 0 Å². The van der Waals surface area contributed by atoms with Crippen molar-refractivity contribution in [3.8, 4) is 0 Å². The van der Waals surface area contributed by atoms with E-state index in [1.807, 2.05) is 0 Å². The number of nitrogens with one attached hydrogen (secondary N) is 1. The van der Waals surface area contributed by atoms with E-state index in [4.69, 9.17) is 23.2 Å². The maximum absolute atomic E-state index is 12.5. The second kappa shape index (κ2) is 5.72. The molecule has 1 aromatic rings. The minimum absolute atomic E-state index is 0.132. The predicted octanol–water partition coefficient (Wildman–Crippen LogP) is 1.33. The Kier molecular flexibility index (Phi) is 4.29. The van der Waals surface area contributed by atoms with Gasteiger partial charge >= 0.3 is 0 Å². The molecule has 0 bridgehead atoms. The third-order valence-electron chi connectivity index (χ3n) is 3.79. The molecule has 0 aliphatic carbocycles. The molecule has 0 unspecified atom stereocenters. The highest BCUT2D eigenvalue weighted by Gasteiger charge is 2.34. The van der Waals surface area contributed by atoms with E-state index in [2.05, 4.69) is 10.2 Å². The van der Waals surface area contributed by atoms with Crippen molar-refractivity contribution >= 4 is 44.6 Å². The number of hydrogen-bond donors (Lipinski definition) is 1. The van der Waals surface area contributed by atoms with Gasteiger partial charge < -0.3 is 5.32 Å². The van der Waals surface area contributed by atoms with E-state index in [9.17, 15) is 8.42 Å². The second-order valence-corrected chi connectivity index (χ2v) is 9.13. The van der Waals surface area contributed by atoms with Gasteiger partial charge in [0.15, 0.2) is 0 Å². The lowest BCUT2D eigenvalue weighted by atomic mass is 10.1. The van der Waals surface area contributed by atoms with Gasteiger partial charge in [-0.3, -0.25) is 4.90 Å². The summed E-state index contributed by atoms with van der Waals surface area (Å²) in [5.41, 5.74) is 0. The Morgan fingerprint density at radius 1 is 1.20 bits per heavy atom. The molecule has 0 atom stereocenters. The van der Waals surface area contributed by atoms with Crippen molar-refractivity contribution in [3.63, 3.8) is 0 Å². The Labute approximate surface area is 132 Å². The van der Waals surface area contributed by atoms with Crippen LogP contribution in [0, 0.1) is 0 Å². The summed E-state index contributed by atoms with van der Waals surface area (Å²) in [5, 5.41) is 3.23. The summed E-state index contributed by atoms with van der Waals surface area (Å²) in [7, 11) is -3.52. The van der Waals surface area contributed by atoms with E-state index in [1.54, 1.807) is 0 Å². The predicted molar refractivity (Wildman–Crippen MR) is 81.3 cm³/mol. The summed E-state index contributed by atoms with van der Waals surface area (Å²) >= 11 is 12.9. The second-order valence-electron chi connectivity index (χ2n) is 4.94. The van der Waals surface area contributed by atoms with Gasteiger partial charge in [0.25, 0.3) is 0 Å². The maximum Gasteiger partial charge on any atom is 0.245 e. The van der Waals surface area contributed by atoms with Crippen LogP contribution in [0.3, 0.4) is 0 Å². The van der Waals surface area contributed by atoms with Gasteiger partial charge in [-0.1, -0.05) is 23.2 Å². The number of rotatable bonds is 3. The zero-order valence-electron chi connectivity index (χ0n) is 10.7. The number of hydrogen-bond acceptors (Lipinski definition) is 5. The SMILES string of the molecule is O=S(=O)(c1cc(Cl)sc1Cl)N1CCN(C2CNC2)CC1. The topological polar surface area (TPSA) is 52.7 Å². The van der Waals surface area contributed by atoms with Crippen molar-refractivity contribution in [2.75, 3.05) is 39.3 Å². The Morgan fingerprint density at radius 2 is 1.85 bits per heavy atom. The smallest absolute Gasteiger partial charge is 0.245 e. The zero-order valence-corrected chi connectivity index (χ0v) is 13.8. The molecule has 0 radical (unpaired) electrons. The van der Waals surface area contributed by atoms with Gasteiger partial charge in [-0.15, -0.1) is 11.3 Å². The normalized spacial score (nSPS) is 22.9. The lowest BCUT2D eigenvalue weighted by Crippen LogP contribution is -2.62. The van der Waals surface area contributed by atoms with Crippen molar-refractivity contribution in [2.24, 2.45) is 0 Å². The molecule has 0 spiro atoms. The number of sulfonamides is 1. The zero-order chi connectivity index (χ0) is 14.3. The number of nitrogens with zero attached hydrogens (tertiary/aromatic N) is 2. The highest BCUT2D eigenvalue weighted by molar-refractivity contribution is 7.89. The minimum atomic E-state index is -3.52. The molecule has 2 aliphatic heterocycles. The van der Waals surface area contributed by atoms with Crippen molar-refractivity contribution in [3.05, 3.63) is 14.7 Å². The van der Waals surface area contributed by atoms with Gasteiger partial charge in [-0.05, 0) is 6.07 Å². The largest absolute Gasteiger partial charge is 0.314 e. The molecule has 3 heterocycles. The standard InChI is InChI=1S/C11H15Cl2N3O2S2/c12-10-5-9(11(13)19-10)20(17,18)16-3-1-15(2-4-16)8-6-14-7-8/h5,8,14H,1-4,6-7H2. The van der Waals surface area contributed by atoms with Crippen LogP contribution in [-0.2, 0) is 10.0 Å². The van der Waals surface area contributed by atoms with Crippen molar-refractivity contribution < 1.29 is 8.42 Å². The first-order chi connectivity index (χ1) is 9.48. The monoisotopic (exact) mass is 355 g/mol. The van der Waals surface area contributed by atoms with Gasteiger partial charge in [0.05, 0.1) is 4.34 Å². The van der Waals surface area contributed by atoms with E-state index in [0.29, 0.717) is 23.5 Å². The van der Waals surface area contributed by atoms with E-state index in [-0.39, 0.29) is 9.23 Å². The molecule has 112 valence electrons. The Morgan fingerprint density at radius 3 is 2.30 bits per heavy atom. The molecule has 0 saturated carbocycles. The van der Waals surface area contributed by atoms with Crippen LogP contribution < -0.4 is 5.32 Å². The maximum atomic E-state index is 12.5. The molecular formula is C11H15Cl2N3O2S2. The first kappa shape index (κ1) is 15.0. The lowest BCUT2D eigenvalue weighted by molar-refractivity contribution is 0.103. The Balaban J connectivity index is 1.71. The van der Waals surface area contributed by atoms with E-state index < -0.39 is 10.0 Å². The van der Waals surface area contributed by atoms with Crippen LogP contribution in [0.5, 0.6) is 0 Å². The van der Waals surface area contributed by atoms with Crippen molar-refractivity contribution in [1.29, 1.82) is 0 Å². The molecule has 2 saturated heterocycles. The molecule has 0 aromatic carbocycles. The van der Waals surface area contributed by atoms with Crippen LogP contribution in [0.15, 0.2) is 11.0 Å². The van der Waals surface area contributed by atoms with Gasteiger partial charge in [-0.2, -0.15) is 4.31 Å². The first-order valence-corrected chi connectivity index (χ1v) is 9.39. The molecule has 2 aliphatic rings. The lowest BCUT2D eigenvalue weighted by Gasteiger charge is -2.42.